The molecule has 2 heterocycles. The molecule has 4 rings (SSSR count). The molecule has 3 aromatic rings. The van der Waals surface area contributed by atoms with Gasteiger partial charge in [0.2, 0.25) is 0 Å². The third-order valence-corrected chi connectivity index (χ3v) is 5.63. The summed E-state index contributed by atoms with van der Waals surface area (Å²) in [5, 5.41) is 0.909. The lowest BCUT2D eigenvalue weighted by Gasteiger charge is -2.04. The van der Waals surface area contributed by atoms with Gasteiger partial charge in [0.25, 0.3) is 0 Å². The van der Waals surface area contributed by atoms with Crippen LogP contribution >= 0.6 is 27.3 Å². The number of halogens is 1. The molecule has 3 nitrogen and oxygen atoms in total. The molecule has 0 saturated carbocycles. The number of nitrogens with two attached hydrogens (primary N) is 1. The van der Waals surface area contributed by atoms with E-state index >= 15 is 0 Å². The molecule has 5 heteroatoms. The molecule has 2 N–H and O–H groups in total. The highest BCUT2D eigenvalue weighted by atomic mass is 79.9. The first-order valence-corrected chi connectivity index (χ1v) is 8.28. The molecule has 102 valence electrons. The number of aryl methyl sites for hydroxylation is 2. The van der Waals surface area contributed by atoms with Crippen molar-refractivity contribution in [1.29, 1.82) is 0 Å². The summed E-state index contributed by atoms with van der Waals surface area (Å²) in [6.45, 7) is 0. The Balaban J connectivity index is 2.01. The molecule has 1 aliphatic rings. The van der Waals surface area contributed by atoms with Crippen molar-refractivity contribution in [3.63, 3.8) is 0 Å². The summed E-state index contributed by atoms with van der Waals surface area (Å²) in [5.41, 5.74) is 11.0. The van der Waals surface area contributed by atoms with Crippen molar-refractivity contribution in [3.8, 4) is 11.4 Å². The second-order valence-corrected chi connectivity index (χ2v) is 7.28. The van der Waals surface area contributed by atoms with E-state index in [0.29, 0.717) is 0 Å². The average molecular weight is 348 g/mol. The number of benzene rings is 1. The normalized spacial score (nSPS) is 14.1. The Morgan fingerprint density at radius 1 is 1.35 bits per heavy atom. The molecular weight excluding hydrogens is 334 g/mol. The summed E-state index contributed by atoms with van der Waals surface area (Å²) >= 11 is 5.24. The molecule has 0 radical (unpaired) electrons. The van der Waals surface area contributed by atoms with Gasteiger partial charge in [-0.05, 0) is 43.0 Å². The molecule has 1 aliphatic carbocycles. The van der Waals surface area contributed by atoms with Crippen LogP contribution in [0.4, 0.5) is 5.00 Å². The zero-order valence-corrected chi connectivity index (χ0v) is 13.5. The maximum Gasteiger partial charge on any atom is 0.144 e. The molecule has 1 aromatic carbocycles. The first kappa shape index (κ1) is 12.4. The van der Waals surface area contributed by atoms with Crippen molar-refractivity contribution < 1.29 is 0 Å². The number of rotatable bonds is 1. The second-order valence-electron chi connectivity index (χ2n) is 5.22. The molecule has 0 bridgehead atoms. The number of imidazole rings is 1. The number of nitrogens with zero attached hydrogens (tertiary/aromatic N) is 2. The second kappa shape index (κ2) is 4.33. The maximum atomic E-state index is 6.26. The topological polar surface area (TPSA) is 43.8 Å². The van der Waals surface area contributed by atoms with Crippen LogP contribution in [0.15, 0.2) is 22.7 Å². The van der Waals surface area contributed by atoms with E-state index < -0.39 is 0 Å². The van der Waals surface area contributed by atoms with E-state index in [1.54, 1.807) is 11.3 Å². The minimum Gasteiger partial charge on any atom is -0.390 e. The maximum absolute atomic E-state index is 6.26. The fraction of sp³-hybridized carbons (Fsp3) is 0.267. The minimum atomic E-state index is 0.909. The molecule has 20 heavy (non-hydrogen) atoms. The highest BCUT2D eigenvalue weighted by Crippen LogP contribution is 2.43. The van der Waals surface area contributed by atoms with Crippen LogP contribution in [0.1, 0.15) is 16.9 Å². The van der Waals surface area contributed by atoms with Gasteiger partial charge >= 0.3 is 0 Å². The molecule has 0 spiro atoms. The molecule has 0 fully saturated rings. The van der Waals surface area contributed by atoms with Crippen LogP contribution in [-0.4, -0.2) is 9.55 Å². The number of hydrogen-bond acceptors (Lipinski definition) is 3. The predicted molar refractivity (Wildman–Crippen MR) is 88.2 cm³/mol. The summed E-state index contributed by atoms with van der Waals surface area (Å²) in [7, 11) is 2.07. The van der Waals surface area contributed by atoms with Crippen LogP contribution in [0, 0.1) is 0 Å². The van der Waals surface area contributed by atoms with Crippen LogP contribution < -0.4 is 5.73 Å². The summed E-state index contributed by atoms with van der Waals surface area (Å²) in [5.74, 6) is 0.995. The van der Waals surface area contributed by atoms with E-state index in [4.69, 9.17) is 10.7 Å². The highest BCUT2D eigenvalue weighted by Gasteiger charge is 2.24. The number of fused-ring (bicyclic) bond motifs is 2. The van der Waals surface area contributed by atoms with Gasteiger partial charge in [-0.1, -0.05) is 15.9 Å². The van der Waals surface area contributed by atoms with E-state index in [2.05, 4.69) is 45.7 Å². The quantitative estimate of drug-likeness (QED) is 0.718. The van der Waals surface area contributed by atoms with Crippen molar-refractivity contribution in [2.75, 3.05) is 5.73 Å². The van der Waals surface area contributed by atoms with Crippen LogP contribution in [-0.2, 0) is 19.9 Å². The summed E-state index contributed by atoms with van der Waals surface area (Å²) in [6, 6.07) is 6.20. The summed E-state index contributed by atoms with van der Waals surface area (Å²) in [6.07, 6.45) is 3.54. The molecule has 0 aliphatic heterocycles. The fourth-order valence-electron chi connectivity index (χ4n) is 3.07. The van der Waals surface area contributed by atoms with Crippen LogP contribution in [0.25, 0.3) is 22.4 Å². The Bertz CT molecular complexity index is 831. The SMILES string of the molecule is Cn1c(-c2c(N)sc3c2CCC3)nc2cc(Br)ccc21. The van der Waals surface area contributed by atoms with Crippen LogP contribution in [0.3, 0.4) is 0 Å². The largest absolute Gasteiger partial charge is 0.390 e. The van der Waals surface area contributed by atoms with Crippen molar-refractivity contribution in [3.05, 3.63) is 33.1 Å². The van der Waals surface area contributed by atoms with Gasteiger partial charge in [0, 0.05) is 16.4 Å². The Labute approximate surface area is 129 Å². The van der Waals surface area contributed by atoms with Crippen molar-refractivity contribution in [2.45, 2.75) is 19.3 Å². The summed E-state index contributed by atoms with van der Waals surface area (Å²) in [4.78, 5) is 6.26. The standard InChI is InChI=1S/C15H14BrN3S/c1-19-11-6-5-8(16)7-10(11)18-15(19)13-9-3-2-4-12(9)20-14(13)17/h5-7H,2-4,17H2,1H3. The zero-order valence-electron chi connectivity index (χ0n) is 11.1. The third kappa shape index (κ3) is 1.66. The van der Waals surface area contributed by atoms with E-state index in [-0.39, 0.29) is 0 Å². The van der Waals surface area contributed by atoms with Gasteiger partial charge in [-0.3, -0.25) is 0 Å². The Hall–Kier alpha value is -1.33. The monoisotopic (exact) mass is 347 g/mol. The van der Waals surface area contributed by atoms with E-state index in [0.717, 1.165) is 38.3 Å². The Morgan fingerprint density at radius 2 is 2.20 bits per heavy atom. The van der Waals surface area contributed by atoms with Gasteiger partial charge in [-0.2, -0.15) is 0 Å². The lowest BCUT2D eigenvalue weighted by molar-refractivity contribution is 0.910. The first-order valence-electron chi connectivity index (χ1n) is 6.67. The third-order valence-electron chi connectivity index (χ3n) is 4.02. The predicted octanol–water partition coefficient (Wildman–Crippen LogP) is 4.14. The van der Waals surface area contributed by atoms with Crippen molar-refractivity contribution >= 4 is 43.3 Å². The van der Waals surface area contributed by atoms with Gasteiger partial charge in [0.1, 0.15) is 5.82 Å². The van der Waals surface area contributed by atoms with E-state index in [1.165, 1.54) is 23.3 Å². The van der Waals surface area contributed by atoms with E-state index in [1.807, 2.05) is 0 Å². The number of nitrogen functional groups attached to an aromatic ring is 1. The minimum absolute atomic E-state index is 0.909. The first-order chi connectivity index (χ1) is 9.65. The fourth-order valence-corrected chi connectivity index (χ4v) is 4.57. The molecule has 0 atom stereocenters. The van der Waals surface area contributed by atoms with Crippen LogP contribution in [0.2, 0.25) is 0 Å². The highest BCUT2D eigenvalue weighted by molar-refractivity contribution is 9.10. The average Bonchev–Trinajstić information content (AvgIpc) is 3.03. The van der Waals surface area contributed by atoms with Crippen molar-refractivity contribution in [1.82, 2.24) is 9.55 Å². The van der Waals surface area contributed by atoms with Gasteiger partial charge in [0.05, 0.1) is 21.6 Å². The van der Waals surface area contributed by atoms with Crippen LogP contribution in [0.5, 0.6) is 0 Å². The number of aromatic nitrogens is 2. The number of anilines is 1. The molecular formula is C15H14BrN3S. The Kier molecular flexibility index (Phi) is 2.69. The molecule has 0 unspecified atom stereocenters. The Morgan fingerprint density at radius 3 is 3.05 bits per heavy atom. The lowest BCUT2D eigenvalue weighted by atomic mass is 10.1. The lowest BCUT2D eigenvalue weighted by Crippen LogP contribution is -1.96. The van der Waals surface area contributed by atoms with Crippen molar-refractivity contribution in [2.24, 2.45) is 7.05 Å². The van der Waals surface area contributed by atoms with Gasteiger partial charge in [-0.25, -0.2) is 4.98 Å². The number of thiophene rings is 1. The van der Waals surface area contributed by atoms with Gasteiger partial charge < -0.3 is 10.3 Å². The smallest absolute Gasteiger partial charge is 0.144 e. The summed E-state index contributed by atoms with van der Waals surface area (Å²) < 4.78 is 3.21. The van der Waals surface area contributed by atoms with Gasteiger partial charge in [0.15, 0.2) is 0 Å². The van der Waals surface area contributed by atoms with Gasteiger partial charge in [-0.15, -0.1) is 11.3 Å². The zero-order chi connectivity index (χ0) is 13.9. The molecule has 2 aromatic heterocycles. The molecule has 0 saturated heterocycles. The number of hydrogen-bond donors (Lipinski definition) is 1. The molecule has 0 amide bonds. The van der Waals surface area contributed by atoms with E-state index in [9.17, 15) is 0 Å².